The molecule has 142 valence electrons. The third kappa shape index (κ3) is 4.31. The van der Waals surface area contributed by atoms with Crippen molar-refractivity contribution in [2.24, 2.45) is 0 Å². The van der Waals surface area contributed by atoms with Crippen LogP contribution in [0.3, 0.4) is 0 Å². The highest BCUT2D eigenvalue weighted by Gasteiger charge is 2.15. The molecule has 0 saturated carbocycles. The summed E-state index contributed by atoms with van der Waals surface area (Å²) in [6, 6.07) is 15.0. The van der Waals surface area contributed by atoms with Gasteiger partial charge in [0.15, 0.2) is 5.82 Å². The van der Waals surface area contributed by atoms with E-state index >= 15 is 0 Å². The zero-order chi connectivity index (χ0) is 19.3. The van der Waals surface area contributed by atoms with E-state index < -0.39 is 0 Å². The van der Waals surface area contributed by atoms with Crippen molar-refractivity contribution in [1.82, 2.24) is 14.8 Å². The number of aryl methyl sites for hydroxylation is 1. The van der Waals surface area contributed by atoms with Crippen LogP contribution < -0.4 is 5.32 Å². The predicted molar refractivity (Wildman–Crippen MR) is 112 cm³/mol. The number of rotatable bonds is 4. The molecule has 0 fully saturated rings. The van der Waals surface area contributed by atoms with Crippen LogP contribution >= 0.6 is 11.6 Å². The molecule has 0 bridgehead atoms. The lowest BCUT2D eigenvalue weighted by molar-refractivity contribution is -0.111. The Balaban J connectivity index is 1.43. The molecule has 28 heavy (non-hydrogen) atoms. The molecule has 4 rings (SSSR count). The molecule has 0 unspecified atom stereocenters. The van der Waals surface area contributed by atoms with Gasteiger partial charge in [-0.3, -0.25) is 4.79 Å². The standard InChI is InChI=1S/C22H21ClN4O/c23-18-10-5-16(6-11-18)7-14-21(28)24-19-12-8-17(9-13-19)22-26-25-20-4-2-1-3-15-27(20)22/h5-14H,1-4,15H2,(H,24,28)/b14-7+. The molecule has 0 atom stereocenters. The number of benzene rings is 2. The van der Waals surface area contributed by atoms with Crippen molar-refractivity contribution < 1.29 is 4.79 Å². The predicted octanol–water partition coefficient (Wildman–Crippen LogP) is 4.98. The van der Waals surface area contributed by atoms with Gasteiger partial charge in [-0.1, -0.05) is 30.2 Å². The van der Waals surface area contributed by atoms with Crippen molar-refractivity contribution in [2.75, 3.05) is 5.32 Å². The van der Waals surface area contributed by atoms with Crippen LogP contribution in [0, 0.1) is 0 Å². The Hall–Kier alpha value is -2.92. The first-order valence-electron chi connectivity index (χ1n) is 9.46. The largest absolute Gasteiger partial charge is 0.323 e. The molecule has 1 aliphatic rings. The monoisotopic (exact) mass is 392 g/mol. The maximum absolute atomic E-state index is 12.1. The van der Waals surface area contributed by atoms with Gasteiger partial charge in [0.05, 0.1) is 0 Å². The fourth-order valence-corrected chi connectivity index (χ4v) is 3.46. The molecule has 1 amide bonds. The minimum absolute atomic E-state index is 0.181. The number of hydrogen-bond acceptors (Lipinski definition) is 3. The summed E-state index contributed by atoms with van der Waals surface area (Å²) in [7, 11) is 0. The van der Waals surface area contributed by atoms with Crippen LogP contribution in [0.1, 0.15) is 30.7 Å². The van der Waals surface area contributed by atoms with E-state index in [4.69, 9.17) is 11.6 Å². The summed E-state index contributed by atoms with van der Waals surface area (Å²) in [6.07, 6.45) is 7.82. The molecule has 2 heterocycles. The molecule has 1 N–H and O–H groups in total. The first-order chi connectivity index (χ1) is 13.7. The Bertz CT molecular complexity index is 990. The van der Waals surface area contributed by atoms with Gasteiger partial charge >= 0.3 is 0 Å². The van der Waals surface area contributed by atoms with Crippen LogP contribution in [-0.4, -0.2) is 20.7 Å². The van der Waals surface area contributed by atoms with Crippen LogP contribution in [0.5, 0.6) is 0 Å². The van der Waals surface area contributed by atoms with Crippen molar-refractivity contribution in [3.8, 4) is 11.4 Å². The fraction of sp³-hybridized carbons (Fsp3) is 0.227. The third-order valence-corrected chi connectivity index (χ3v) is 5.07. The Labute approximate surface area is 169 Å². The minimum Gasteiger partial charge on any atom is -0.323 e. The maximum Gasteiger partial charge on any atom is 0.248 e. The van der Waals surface area contributed by atoms with Gasteiger partial charge in [0.25, 0.3) is 0 Å². The van der Waals surface area contributed by atoms with Crippen molar-refractivity contribution >= 4 is 29.3 Å². The number of carbonyl (C=O) groups excluding carboxylic acids is 1. The van der Waals surface area contributed by atoms with Crippen molar-refractivity contribution in [3.63, 3.8) is 0 Å². The molecular weight excluding hydrogens is 372 g/mol. The molecule has 1 aliphatic heterocycles. The molecule has 2 aromatic carbocycles. The molecule has 0 spiro atoms. The second-order valence-corrected chi connectivity index (χ2v) is 7.29. The number of nitrogens with one attached hydrogen (secondary N) is 1. The van der Waals surface area contributed by atoms with Crippen LogP contribution in [0.2, 0.25) is 5.02 Å². The highest BCUT2D eigenvalue weighted by Crippen LogP contribution is 2.24. The highest BCUT2D eigenvalue weighted by molar-refractivity contribution is 6.30. The lowest BCUT2D eigenvalue weighted by atomic mass is 10.2. The number of nitrogens with zero attached hydrogens (tertiary/aromatic N) is 3. The molecular formula is C22H21ClN4O. The maximum atomic E-state index is 12.1. The molecule has 3 aromatic rings. The Morgan fingerprint density at radius 1 is 1.00 bits per heavy atom. The summed E-state index contributed by atoms with van der Waals surface area (Å²) < 4.78 is 2.22. The van der Waals surface area contributed by atoms with Crippen LogP contribution in [0.4, 0.5) is 5.69 Å². The fourth-order valence-electron chi connectivity index (χ4n) is 3.33. The van der Waals surface area contributed by atoms with E-state index in [0.717, 1.165) is 47.8 Å². The number of halogens is 1. The quantitative estimate of drug-likeness (QED) is 0.637. The highest BCUT2D eigenvalue weighted by atomic mass is 35.5. The second-order valence-electron chi connectivity index (χ2n) is 6.85. The van der Waals surface area contributed by atoms with Gasteiger partial charge in [0.2, 0.25) is 5.91 Å². The molecule has 0 radical (unpaired) electrons. The van der Waals surface area contributed by atoms with Gasteiger partial charge in [-0.25, -0.2) is 0 Å². The van der Waals surface area contributed by atoms with Gasteiger partial charge in [0.1, 0.15) is 5.82 Å². The smallest absolute Gasteiger partial charge is 0.248 e. The summed E-state index contributed by atoms with van der Waals surface area (Å²) in [5, 5.41) is 12.3. The van der Waals surface area contributed by atoms with E-state index in [1.807, 2.05) is 36.4 Å². The van der Waals surface area contributed by atoms with Gasteiger partial charge in [-0.05, 0) is 60.9 Å². The number of amides is 1. The van der Waals surface area contributed by atoms with Crippen molar-refractivity contribution in [2.45, 2.75) is 32.2 Å². The summed E-state index contributed by atoms with van der Waals surface area (Å²) in [6.45, 7) is 0.964. The van der Waals surface area contributed by atoms with Crippen LogP contribution in [-0.2, 0) is 17.8 Å². The van der Waals surface area contributed by atoms with Crippen molar-refractivity contribution in [1.29, 1.82) is 0 Å². The van der Waals surface area contributed by atoms with E-state index in [2.05, 4.69) is 20.1 Å². The summed E-state index contributed by atoms with van der Waals surface area (Å²) >= 11 is 5.87. The number of hydrogen-bond donors (Lipinski definition) is 1. The molecule has 6 heteroatoms. The third-order valence-electron chi connectivity index (χ3n) is 4.82. The lowest BCUT2D eigenvalue weighted by Crippen LogP contribution is -2.07. The summed E-state index contributed by atoms with van der Waals surface area (Å²) in [5.41, 5.74) is 2.67. The Morgan fingerprint density at radius 2 is 1.79 bits per heavy atom. The van der Waals surface area contributed by atoms with Crippen LogP contribution in [0.25, 0.3) is 17.5 Å². The van der Waals surface area contributed by atoms with E-state index in [1.165, 1.54) is 18.9 Å². The summed E-state index contributed by atoms with van der Waals surface area (Å²) in [4.78, 5) is 12.1. The number of fused-ring (bicyclic) bond motifs is 1. The van der Waals surface area contributed by atoms with Gasteiger partial charge in [-0.2, -0.15) is 0 Å². The molecule has 1 aromatic heterocycles. The molecule has 0 aliphatic carbocycles. The minimum atomic E-state index is -0.181. The topological polar surface area (TPSA) is 59.8 Å². The van der Waals surface area contributed by atoms with E-state index in [1.54, 1.807) is 18.2 Å². The Morgan fingerprint density at radius 3 is 2.57 bits per heavy atom. The van der Waals surface area contributed by atoms with E-state index in [0.29, 0.717) is 5.02 Å². The second kappa shape index (κ2) is 8.40. The molecule has 0 saturated heterocycles. The van der Waals surface area contributed by atoms with Gasteiger partial charge in [0, 0.05) is 35.3 Å². The first-order valence-corrected chi connectivity index (χ1v) is 9.84. The number of carbonyl (C=O) groups is 1. The van der Waals surface area contributed by atoms with E-state index in [9.17, 15) is 4.79 Å². The van der Waals surface area contributed by atoms with Crippen molar-refractivity contribution in [3.05, 3.63) is 71.0 Å². The number of anilines is 1. The summed E-state index contributed by atoms with van der Waals surface area (Å²) in [5.74, 6) is 1.79. The first kappa shape index (κ1) is 18.4. The zero-order valence-electron chi connectivity index (χ0n) is 15.4. The van der Waals surface area contributed by atoms with Gasteiger partial charge < -0.3 is 9.88 Å². The molecule has 5 nitrogen and oxygen atoms in total. The SMILES string of the molecule is O=C(/C=C/c1ccc(Cl)cc1)Nc1ccc(-c2nnc3n2CCCCC3)cc1. The van der Waals surface area contributed by atoms with Gasteiger partial charge in [-0.15, -0.1) is 10.2 Å². The normalized spacial score (nSPS) is 13.9. The van der Waals surface area contributed by atoms with E-state index in [-0.39, 0.29) is 5.91 Å². The van der Waals surface area contributed by atoms with Crippen LogP contribution in [0.15, 0.2) is 54.6 Å². The number of aromatic nitrogens is 3. The lowest BCUT2D eigenvalue weighted by Gasteiger charge is -2.08. The Kier molecular flexibility index (Phi) is 5.53. The average molecular weight is 393 g/mol. The zero-order valence-corrected chi connectivity index (χ0v) is 16.2. The average Bonchev–Trinajstić information content (AvgIpc) is 2.96.